The summed E-state index contributed by atoms with van der Waals surface area (Å²) in [7, 11) is 3.30. The zero-order valence-corrected chi connectivity index (χ0v) is 12.3. The van der Waals surface area contributed by atoms with Crippen molar-refractivity contribution in [2.45, 2.75) is 25.9 Å². The molecule has 0 aliphatic heterocycles. The maximum absolute atomic E-state index is 10.6. The molecule has 0 aliphatic carbocycles. The molecule has 19 heavy (non-hydrogen) atoms. The summed E-state index contributed by atoms with van der Waals surface area (Å²) in [5.41, 5.74) is 1.05. The minimum Gasteiger partial charge on any atom is -0.496 e. The van der Waals surface area contributed by atoms with E-state index in [0.29, 0.717) is 13.0 Å². The Balaban J connectivity index is 2.67. The van der Waals surface area contributed by atoms with E-state index < -0.39 is 5.60 Å². The lowest BCUT2D eigenvalue weighted by atomic mass is 9.90. The van der Waals surface area contributed by atoms with Gasteiger partial charge in [-0.05, 0) is 38.9 Å². The molecular weight excluding hydrogens is 242 g/mol. The molecule has 1 atom stereocenters. The minimum absolute atomic E-state index is 0.622. The average molecular weight is 267 g/mol. The maximum atomic E-state index is 10.6. The zero-order valence-electron chi connectivity index (χ0n) is 12.3. The normalized spacial score (nSPS) is 14.2. The van der Waals surface area contributed by atoms with Crippen LogP contribution in [-0.4, -0.2) is 39.0 Å². The van der Waals surface area contributed by atoms with E-state index in [1.54, 1.807) is 14.2 Å². The van der Waals surface area contributed by atoms with Crippen molar-refractivity contribution >= 4 is 0 Å². The van der Waals surface area contributed by atoms with Crippen LogP contribution >= 0.6 is 0 Å². The fourth-order valence-corrected chi connectivity index (χ4v) is 2.01. The average Bonchev–Trinajstić information content (AvgIpc) is 2.38. The van der Waals surface area contributed by atoms with Crippen molar-refractivity contribution in [1.82, 2.24) is 5.32 Å². The highest BCUT2D eigenvalue weighted by atomic mass is 16.5. The van der Waals surface area contributed by atoms with Crippen LogP contribution in [0.1, 0.15) is 24.5 Å². The molecular formula is C15H25NO3. The fourth-order valence-electron chi connectivity index (χ4n) is 2.01. The Morgan fingerprint density at radius 3 is 2.63 bits per heavy atom. The lowest BCUT2D eigenvalue weighted by molar-refractivity contribution is 0.0449. The number of benzene rings is 1. The van der Waals surface area contributed by atoms with E-state index in [1.807, 2.05) is 32.0 Å². The van der Waals surface area contributed by atoms with Crippen molar-refractivity contribution in [2.75, 3.05) is 33.9 Å². The Bertz CT molecular complexity index is 391. The summed E-state index contributed by atoms with van der Waals surface area (Å²) in [6, 6.07) is 5.86. The van der Waals surface area contributed by atoms with E-state index in [9.17, 15) is 5.11 Å². The number of hydrogen-bond acceptors (Lipinski definition) is 4. The van der Waals surface area contributed by atoms with Gasteiger partial charge in [0.15, 0.2) is 0 Å². The third-order valence-electron chi connectivity index (χ3n) is 3.21. The summed E-state index contributed by atoms with van der Waals surface area (Å²) in [5.74, 6) is 0.729. The lowest BCUT2D eigenvalue weighted by Crippen LogP contribution is -2.29. The van der Waals surface area contributed by atoms with Crippen LogP contribution in [0.15, 0.2) is 18.2 Å². The molecule has 4 nitrogen and oxygen atoms in total. The van der Waals surface area contributed by atoms with Gasteiger partial charge in [-0.3, -0.25) is 0 Å². The van der Waals surface area contributed by atoms with Gasteiger partial charge in [0, 0.05) is 19.2 Å². The Kier molecular flexibility index (Phi) is 6.28. The largest absolute Gasteiger partial charge is 0.496 e. The summed E-state index contributed by atoms with van der Waals surface area (Å²) in [5, 5.41) is 13.9. The van der Waals surface area contributed by atoms with Gasteiger partial charge in [-0.15, -0.1) is 0 Å². The van der Waals surface area contributed by atoms with Crippen molar-refractivity contribution in [3.8, 4) is 5.75 Å². The molecule has 0 aromatic heterocycles. The lowest BCUT2D eigenvalue weighted by Gasteiger charge is -2.26. The van der Waals surface area contributed by atoms with Crippen LogP contribution in [0.4, 0.5) is 0 Å². The molecule has 1 rings (SSSR count). The topological polar surface area (TPSA) is 50.7 Å². The zero-order chi connectivity index (χ0) is 14.3. The summed E-state index contributed by atoms with van der Waals surface area (Å²) < 4.78 is 10.3. The van der Waals surface area contributed by atoms with Crippen molar-refractivity contribution < 1.29 is 14.6 Å². The van der Waals surface area contributed by atoms with Crippen LogP contribution in [0, 0.1) is 6.92 Å². The summed E-state index contributed by atoms with van der Waals surface area (Å²) in [6.45, 7) is 6.03. The van der Waals surface area contributed by atoms with Gasteiger partial charge in [0.2, 0.25) is 0 Å². The third kappa shape index (κ3) is 4.82. The Morgan fingerprint density at radius 2 is 2.00 bits per heavy atom. The van der Waals surface area contributed by atoms with Crippen LogP contribution in [0.2, 0.25) is 0 Å². The van der Waals surface area contributed by atoms with Gasteiger partial charge in [0.25, 0.3) is 0 Å². The smallest absolute Gasteiger partial charge is 0.124 e. The first kappa shape index (κ1) is 16.0. The Labute approximate surface area is 115 Å². The first-order valence-electron chi connectivity index (χ1n) is 6.58. The highest BCUT2D eigenvalue weighted by molar-refractivity contribution is 5.40. The van der Waals surface area contributed by atoms with Gasteiger partial charge < -0.3 is 19.9 Å². The molecule has 1 unspecified atom stereocenters. The molecule has 0 bridgehead atoms. The first-order valence-corrected chi connectivity index (χ1v) is 6.58. The summed E-state index contributed by atoms with van der Waals surface area (Å²) in [4.78, 5) is 0. The minimum atomic E-state index is -0.905. The number of nitrogens with one attached hydrogen (secondary N) is 1. The second kappa shape index (κ2) is 7.48. The molecule has 0 saturated carbocycles. The predicted molar refractivity (Wildman–Crippen MR) is 76.7 cm³/mol. The molecule has 2 N–H and O–H groups in total. The van der Waals surface area contributed by atoms with E-state index in [0.717, 1.165) is 30.0 Å². The summed E-state index contributed by atoms with van der Waals surface area (Å²) in [6.07, 6.45) is 0.622. The van der Waals surface area contributed by atoms with Gasteiger partial charge >= 0.3 is 0 Å². The van der Waals surface area contributed by atoms with Gasteiger partial charge in [-0.1, -0.05) is 11.6 Å². The molecule has 1 aromatic rings. The molecule has 4 heteroatoms. The fraction of sp³-hybridized carbons (Fsp3) is 0.600. The van der Waals surface area contributed by atoms with Crippen molar-refractivity contribution in [2.24, 2.45) is 0 Å². The molecule has 0 amide bonds. The second-order valence-corrected chi connectivity index (χ2v) is 4.97. The Hall–Kier alpha value is -1.10. The van der Waals surface area contributed by atoms with Crippen molar-refractivity contribution in [1.29, 1.82) is 0 Å². The molecule has 1 aromatic carbocycles. The first-order chi connectivity index (χ1) is 9.01. The SMILES string of the molecule is COCCNCCC(C)(O)c1cc(C)ccc1OC. The van der Waals surface area contributed by atoms with Gasteiger partial charge in [-0.25, -0.2) is 0 Å². The monoisotopic (exact) mass is 267 g/mol. The molecule has 0 fully saturated rings. The standard InChI is InChI=1S/C15H25NO3/c1-12-5-6-14(19-4)13(11-12)15(2,17)7-8-16-9-10-18-3/h5-6,11,16-17H,7-10H2,1-4H3. The number of aliphatic hydroxyl groups is 1. The molecule has 0 aliphatic rings. The number of rotatable bonds is 8. The quantitative estimate of drug-likeness (QED) is 0.706. The van der Waals surface area contributed by atoms with Crippen LogP contribution in [0.5, 0.6) is 5.75 Å². The van der Waals surface area contributed by atoms with E-state index in [2.05, 4.69) is 5.32 Å². The van der Waals surface area contributed by atoms with Crippen molar-refractivity contribution in [3.05, 3.63) is 29.3 Å². The van der Waals surface area contributed by atoms with Crippen LogP contribution in [-0.2, 0) is 10.3 Å². The van der Waals surface area contributed by atoms with Gasteiger partial charge in [0.05, 0.1) is 19.3 Å². The third-order valence-corrected chi connectivity index (χ3v) is 3.21. The molecule has 108 valence electrons. The number of methoxy groups -OCH3 is 2. The predicted octanol–water partition coefficient (Wildman–Crippen LogP) is 1.84. The maximum Gasteiger partial charge on any atom is 0.124 e. The highest BCUT2D eigenvalue weighted by Crippen LogP contribution is 2.32. The molecule has 0 heterocycles. The van der Waals surface area contributed by atoms with E-state index >= 15 is 0 Å². The summed E-state index contributed by atoms with van der Waals surface area (Å²) >= 11 is 0. The number of aryl methyl sites for hydroxylation is 1. The van der Waals surface area contributed by atoms with Gasteiger partial charge in [-0.2, -0.15) is 0 Å². The molecule has 0 radical (unpaired) electrons. The van der Waals surface area contributed by atoms with E-state index in [-0.39, 0.29) is 0 Å². The van der Waals surface area contributed by atoms with Crippen LogP contribution < -0.4 is 10.1 Å². The molecule has 0 saturated heterocycles. The van der Waals surface area contributed by atoms with E-state index in [4.69, 9.17) is 9.47 Å². The van der Waals surface area contributed by atoms with Crippen LogP contribution in [0.3, 0.4) is 0 Å². The number of ether oxygens (including phenoxy) is 2. The van der Waals surface area contributed by atoms with Crippen molar-refractivity contribution in [3.63, 3.8) is 0 Å². The number of hydrogen-bond donors (Lipinski definition) is 2. The van der Waals surface area contributed by atoms with Gasteiger partial charge in [0.1, 0.15) is 5.75 Å². The van der Waals surface area contributed by atoms with E-state index in [1.165, 1.54) is 0 Å². The second-order valence-electron chi connectivity index (χ2n) is 4.97. The highest BCUT2D eigenvalue weighted by Gasteiger charge is 2.26. The molecule has 0 spiro atoms. The van der Waals surface area contributed by atoms with Crippen LogP contribution in [0.25, 0.3) is 0 Å². The Morgan fingerprint density at radius 1 is 1.26 bits per heavy atom.